The third-order valence-corrected chi connectivity index (χ3v) is 6.12. The Morgan fingerprint density at radius 2 is 1.97 bits per heavy atom. The molecule has 0 aromatic carbocycles. The van der Waals surface area contributed by atoms with Crippen LogP contribution in [0.5, 0.6) is 0 Å². The zero-order valence-electron chi connectivity index (χ0n) is 16.9. The summed E-state index contributed by atoms with van der Waals surface area (Å²) in [4.78, 5) is 36.6. The normalized spacial score (nSPS) is 14.8. The zero-order chi connectivity index (χ0) is 20.4. The van der Waals surface area contributed by atoms with E-state index in [9.17, 15) is 4.79 Å². The lowest BCUT2D eigenvalue weighted by atomic mass is 9.93. The average molecular weight is 409 g/mol. The number of aryl methyl sites for hydroxylation is 1. The van der Waals surface area contributed by atoms with Crippen LogP contribution in [0.15, 0.2) is 36.8 Å². The molecule has 0 atom stereocenters. The minimum absolute atomic E-state index is 0.137. The molecule has 0 spiro atoms. The monoisotopic (exact) mass is 408 g/mol. The largest absolute Gasteiger partial charge is 0.363 e. The van der Waals surface area contributed by atoms with Crippen LogP contribution in [0.3, 0.4) is 0 Å². The van der Waals surface area contributed by atoms with E-state index in [1.807, 2.05) is 49.0 Å². The van der Waals surface area contributed by atoms with Gasteiger partial charge in [0.2, 0.25) is 0 Å². The molecule has 1 aliphatic heterocycles. The number of amides is 1. The Bertz CT molecular complexity index is 995. The topological polar surface area (TPSA) is 75.1 Å². The van der Waals surface area contributed by atoms with Crippen LogP contribution in [0.4, 0.5) is 5.82 Å². The molecule has 1 amide bonds. The highest BCUT2D eigenvalue weighted by molar-refractivity contribution is 7.13. The van der Waals surface area contributed by atoms with E-state index in [0.717, 1.165) is 47.2 Å². The number of piperidine rings is 1. The van der Waals surface area contributed by atoms with Gasteiger partial charge in [-0.1, -0.05) is 0 Å². The molecule has 0 aliphatic carbocycles. The molecular weight excluding hydrogens is 384 g/mol. The summed E-state index contributed by atoms with van der Waals surface area (Å²) in [6.45, 7) is 3.50. The molecule has 4 heterocycles. The van der Waals surface area contributed by atoms with E-state index in [-0.39, 0.29) is 5.91 Å². The Hall–Kier alpha value is -2.87. The number of thiophene rings is 1. The van der Waals surface area contributed by atoms with Crippen LogP contribution < -0.4 is 4.90 Å². The van der Waals surface area contributed by atoms with Crippen LogP contribution >= 0.6 is 11.3 Å². The summed E-state index contributed by atoms with van der Waals surface area (Å²) >= 11 is 1.56. The van der Waals surface area contributed by atoms with Crippen molar-refractivity contribution >= 4 is 23.1 Å². The molecular formula is C21H24N6OS. The molecule has 0 bridgehead atoms. The van der Waals surface area contributed by atoms with Crippen LogP contribution in [-0.4, -0.2) is 57.9 Å². The molecule has 7 nitrogen and oxygen atoms in total. The summed E-state index contributed by atoms with van der Waals surface area (Å²) in [6.07, 6.45) is 6.75. The zero-order valence-corrected chi connectivity index (χ0v) is 17.7. The molecule has 0 unspecified atom stereocenters. The first-order chi connectivity index (χ1) is 14.0. The van der Waals surface area contributed by atoms with Gasteiger partial charge in [0.15, 0.2) is 5.82 Å². The first-order valence-electron chi connectivity index (χ1n) is 9.69. The first kappa shape index (κ1) is 19.4. The van der Waals surface area contributed by atoms with Gasteiger partial charge in [-0.2, -0.15) is 0 Å². The van der Waals surface area contributed by atoms with E-state index >= 15 is 0 Å². The van der Waals surface area contributed by atoms with Crippen molar-refractivity contribution in [2.75, 3.05) is 32.1 Å². The highest BCUT2D eigenvalue weighted by Gasteiger charge is 2.27. The number of carbonyl (C=O) groups is 1. The van der Waals surface area contributed by atoms with Crippen molar-refractivity contribution in [2.45, 2.75) is 25.7 Å². The lowest BCUT2D eigenvalue weighted by Gasteiger charge is -2.32. The van der Waals surface area contributed by atoms with Gasteiger partial charge in [-0.15, -0.1) is 11.3 Å². The van der Waals surface area contributed by atoms with Gasteiger partial charge in [0.05, 0.1) is 11.1 Å². The van der Waals surface area contributed by atoms with E-state index in [1.165, 1.54) is 0 Å². The number of anilines is 1. The lowest BCUT2D eigenvalue weighted by molar-refractivity contribution is 0.0717. The van der Waals surface area contributed by atoms with Crippen molar-refractivity contribution in [3.63, 3.8) is 0 Å². The Morgan fingerprint density at radius 1 is 1.17 bits per heavy atom. The molecule has 3 aromatic rings. The van der Waals surface area contributed by atoms with Gasteiger partial charge in [0, 0.05) is 62.1 Å². The van der Waals surface area contributed by atoms with Crippen molar-refractivity contribution in [3.8, 4) is 11.5 Å². The second-order valence-electron chi connectivity index (χ2n) is 7.44. The quantitative estimate of drug-likeness (QED) is 0.659. The van der Waals surface area contributed by atoms with Gasteiger partial charge in [-0.3, -0.25) is 9.78 Å². The van der Waals surface area contributed by atoms with E-state index in [0.29, 0.717) is 17.4 Å². The van der Waals surface area contributed by atoms with Crippen LogP contribution in [0.25, 0.3) is 11.5 Å². The van der Waals surface area contributed by atoms with E-state index in [4.69, 9.17) is 4.98 Å². The van der Waals surface area contributed by atoms with Crippen molar-refractivity contribution in [2.24, 2.45) is 0 Å². The molecule has 3 aromatic heterocycles. The Labute approximate surface area is 174 Å². The highest BCUT2D eigenvalue weighted by Crippen LogP contribution is 2.31. The Balaban J connectivity index is 1.53. The SMILES string of the molecule is Cc1ccc(C(=O)N2CCC(c3cc(N(C)C)nc(-c4cnccn4)n3)CC2)s1. The van der Waals surface area contributed by atoms with Crippen molar-refractivity contribution in [3.05, 3.63) is 52.2 Å². The highest BCUT2D eigenvalue weighted by atomic mass is 32.1. The second-order valence-corrected chi connectivity index (χ2v) is 8.72. The second kappa shape index (κ2) is 8.24. The van der Waals surface area contributed by atoms with Gasteiger partial charge >= 0.3 is 0 Å². The minimum atomic E-state index is 0.137. The maximum absolute atomic E-state index is 12.7. The van der Waals surface area contributed by atoms with Crippen LogP contribution in [0.1, 0.15) is 39.0 Å². The molecule has 150 valence electrons. The number of nitrogens with zero attached hydrogens (tertiary/aromatic N) is 6. The molecule has 0 radical (unpaired) electrons. The number of aromatic nitrogens is 4. The van der Waals surface area contributed by atoms with Gasteiger partial charge in [0.25, 0.3) is 5.91 Å². The van der Waals surface area contributed by atoms with E-state index < -0.39 is 0 Å². The summed E-state index contributed by atoms with van der Waals surface area (Å²) in [5, 5.41) is 0. The van der Waals surface area contributed by atoms with Crippen molar-refractivity contribution in [1.29, 1.82) is 0 Å². The van der Waals surface area contributed by atoms with Gasteiger partial charge < -0.3 is 9.80 Å². The fourth-order valence-corrected chi connectivity index (χ4v) is 4.34. The number of carbonyl (C=O) groups excluding carboxylic acids is 1. The fraction of sp³-hybridized carbons (Fsp3) is 0.381. The van der Waals surface area contributed by atoms with Crippen LogP contribution in [-0.2, 0) is 0 Å². The van der Waals surface area contributed by atoms with Crippen LogP contribution in [0.2, 0.25) is 0 Å². The maximum atomic E-state index is 12.7. The third-order valence-electron chi connectivity index (χ3n) is 5.13. The van der Waals surface area contributed by atoms with Gasteiger partial charge in [0.1, 0.15) is 11.5 Å². The summed E-state index contributed by atoms with van der Waals surface area (Å²) < 4.78 is 0. The lowest BCUT2D eigenvalue weighted by Crippen LogP contribution is -2.37. The number of hydrogen-bond donors (Lipinski definition) is 0. The van der Waals surface area contributed by atoms with Crippen molar-refractivity contribution in [1.82, 2.24) is 24.8 Å². The van der Waals surface area contributed by atoms with Crippen LogP contribution in [0, 0.1) is 6.92 Å². The molecule has 0 N–H and O–H groups in total. The standard InChI is InChI=1S/C21H24N6OS/c1-14-4-5-18(29-14)21(28)27-10-6-15(7-11-27)16-12-19(26(2)3)25-20(24-16)17-13-22-8-9-23-17/h4-5,8-9,12-13,15H,6-7,10-11H2,1-3H3. The van der Waals surface area contributed by atoms with E-state index in [1.54, 1.807) is 29.9 Å². The van der Waals surface area contributed by atoms with Crippen molar-refractivity contribution < 1.29 is 4.79 Å². The summed E-state index contributed by atoms with van der Waals surface area (Å²) in [5.41, 5.74) is 1.67. The molecule has 1 fully saturated rings. The average Bonchev–Trinajstić information content (AvgIpc) is 3.20. The third kappa shape index (κ3) is 4.27. The predicted octanol–water partition coefficient (Wildman–Crippen LogP) is 3.39. The Morgan fingerprint density at radius 3 is 2.59 bits per heavy atom. The fourth-order valence-electron chi connectivity index (χ4n) is 3.50. The number of hydrogen-bond acceptors (Lipinski definition) is 7. The molecule has 1 aliphatic rings. The van der Waals surface area contributed by atoms with Gasteiger partial charge in [-0.25, -0.2) is 15.0 Å². The summed E-state index contributed by atoms with van der Waals surface area (Å²) in [7, 11) is 3.94. The maximum Gasteiger partial charge on any atom is 0.263 e. The summed E-state index contributed by atoms with van der Waals surface area (Å²) in [5.74, 6) is 1.87. The molecule has 4 rings (SSSR count). The van der Waals surface area contributed by atoms with E-state index in [2.05, 4.69) is 15.0 Å². The number of rotatable bonds is 4. The van der Waals surface area contributed by atoms with Gasteiger partial charge in [-0.05, 0) is 31.9 Å². The Kier molecular flexibility index (Phi) is 5.53. The molecule has 8 heteroatoms. The molecule has 1 saturated heterocycles. The smallest absolute Gasteiger partial charge is 0.263 e. The first-order valence-corrected chi connectivity index (χ1v) is 10.5. The molecule has 0 saturated carbocycles. The minimum Gasteiger partial charge on any atom is -0.363 e. The predicted molar refractivity (Wildman–Crippen MR) is 114 cm³/mol. The summed E-state index contributed by atoms with van der Waals surface area (Å²) in [6, 6.07) is 5.97. The number of likely N-dealkylation sites (tertiary alicyclic amines) is 1. The molecule has 29 heavy (non-hydrogen) atoms.